The van der Waals surface area contributed by atoms with Gasteiger partial charge in [0.15, 0.2) is 6.10 Å². The van der Waals surface area contributed by atoms with Crippen LogP contribution in [-0.4, -0.2) is 72.1 Å². The van der Waals surface area contributed by atoms with E-state index in [9.17, 15) is 23.8 Å². The van der Waals surface area contributed by atoms with E-state index in [1.165, 1.54) is 70.6 Å². The van der Waals surface area contributed by atoms with Gasteiger partial charge >= 0.3 is 25.7 Å². The first-order valence-electron chi connectivity index (χ1n) is 22.4. The maximum absolute atomic E-state index is 12.6. The molecule has 1 rings (SSSR count). The highest BCUT2D eigenvalue weighted by atomic mass is 31.2. The van der Waals surface area contributed by atoms with Crippen LogP contribution in [0.2, 0.25) is 0 Å². The number of rotatable bonds is 40. The molecule has 0 bridgehead atoms. The summed E-state index contributed by atoms with van der Waals surface area (Å²) in [5.74, 6) is -2.49. The molecule has 1 aliphatic heterocycles. The highest BCUT2D eigenvalue weighted by molar-refractivity contribution is 7.47. The standard InChI is InChI=1S/C46H78NO11P/c1-3-5-6-7-8-9-10-11-13-17-20-23-26-29-32-35-44(48)54-37-40(38-55-59(52,53)56-39-41(47)46(50)51)57-45(49)36-33-30-27-24-21-18-15-12-14-16-19-22-25-28-31-34-43-42(4-2)58-43/h12,14,18-19,21-22,27-28,30-31,40-43H,3-11,13,15-17,20,23-26,29,32-39,47H2,1-2H3,(H,50,51)(H,52,53)/b14-12+,21-18+,22-19+,30-27+,31-28+. The van der Waals surface area contributed by atoms with Gasteiger partial charge in [0.25, 0.3) is 0 Å². The number of carbonyl (C=O) groups is 3. The van der Waals surface area contributed by atoms with Crippen molar-refractivity contribution in [3.63, 3.8) is 0 Å². The lowest BCUT2D eigenvalue weighted by Crippen LogP contribution is -2.34. The molecular formula is C46H78NO11P. The van der Waals surface area contributed by atoms with E-state index in [-0.39, 0.29) is 19.4 Å². The number of allylic oxidation sites excluding steroid dienone is 9. The van der Waals surface area contributed by atoms with Crippen LogP contribution in [0.1, 0.15) is 168 Å². The summed E-state index contributed by atoms with van der Waals surface area (Å²) in [6.07, 6.45) is 44.9. The van der Waals surface area contributed by atoms with Crippen LogP contribution in [0.5, 0.6) is 0 Å². The van der Waals surface area contributed by atoms with Crippen LogP contribution in [0.25, 0.3) is 0 Å². The van der Waals surface area contributed by atoms with Gasteiger partial charge in [-0.1, -0.05) is 164 Å². The first-order chi connectivity index (χ1) is 28.6. The second-order valence-corrected chi connectivity index (χ2v) is 16.6. The van der Waals surface area contributed by atoms with Crippen LogP contribution >= 0.6 is 7.82 Å². The lowest BCUT2D eigenvalue weighted by Gasteiger charge is -2.20. The van der Waals surface area contributed by atoms with Crippen LogP contribution in [0, 0.1) is 0 Å². The van der Waals surface area contributed by atoms with E-state index in [0.717, 1.165) is 51.4 Å². The minimum atomic E-state index is -4.74. The van der Waals surface area contributed by atoms with Gasteiger partial charge in [-0.05, 0) is 51.4 Å². The number of carbonyl (C=O) groups excluding carboxylic acids is 2. The molecule has 1 saturated heterocycles. The van der Waals surface area contributed by atoms with Crippen molar-refractivity contribution in [2.24, 2.45) is 5.73 Å². The zero-order chi connectivity index (χ0) is 43.2. The number of carboxylic acid groups (broad SMARTS) is 1. The zero-order valence-electron chi connectivity index (χ0n) is 36.3. The second-order valence-electron chi connectivity index (χ2n) is 15.2. The molecule has 4 N–H and O–H groups in total. The average molecular weight is 852 g/mol. The highest BCUT2D eigenvalue weighted by Crippen LogP contribution is 2.43. The van der Waals surface area contributed by atoms with Gasteiger partial charge < -0.3 is 29.9 Å². The number of hydrogen-bond acceptors (Lipinski definition) is 10. The molecule has 0 radical (unpaired) electrons. The van der Waals surface area contributed by atoms with Crippen LogP contribution in [0.15, 0.2) is 60.8 Å². The minimum absolute atomic E-state index is 0.0326. The number of esters is 2. The number of aliphatic carboxylic acids is 1. The Bertz CT molecular complexity index is 1300. The first-order valence-corrected chi connectivity index (χ1v) is 23.9. The predicted octanol–water partition coefficient (Wildman–Crippen LogP) is 10.9. The summed E-state index contributed by atoms with van der Waals surface area (Å²) in [7, 11) is -4.74. The average Bonchev–Trinajstić information content (AvgIpc) is 3.99. The third-order valence-corrected chi connectivity index (χ3v) is 10.7. The van der Waals surface area contributed by atoms with E-state index in [0.29, 0.717) is 31.5 Å². The number of hydrogen-bond donors (Lipinski definition) is 3. The number of carboxylic acids is 1. The Morgan fingerprint density at radius 1 is 0.627 bits per heavy atom. The molecule has 5 atom stereocenters. The lowest BCUT2D eigenvalue weighted by molar-refractivity contribution is -0.161. The molecule has 5 unspecified atom stereocenters. The summed E-state index contributed by atoms with van der Waals surface area (Å²) >= 11 is 0. The number of nitrogens with two attached hydrogens (primary N) is 1. The molecule has 12 nitrogen and oxygen atoms in total. The fraction of sp³-hybridized carbons (Fsp3) is 0.717. The lowest BCUT2D eigenvalue weighted by atomic mass is 10.0. The summed E-state index contributed by atoms with van der Waals surface area (Å²) in [6.45, 7) is 2.63. The summed E-state index contributed by atoms with van der Waals surface area (Å²) in [5, 5.41) is 8.89. The van der Waals surface area contributed by atoms with Crippen LogP contribution < -0.4 is 5.73 Å². The summed E-state index contributed by atoms with van der Waals surface area (Å²) in [6, 6.07) is -1.54. The number of phosphoric ester groups is 1. The molecule has 338 valence electrons. The summed E-state index contributed by atoms with van der Waals surface area (Å²) in [4.78, 5) is 46.0. The Kier molecular flexibility index (Phi) is 33.9. The van der Waals surface area contributed by atoms with Gasteiger partial charge in [0.1, 0.15) is 12.6 Å². The maximum atomic E-state index is 12.6. The van der Waals surface area contributed by atoms with Crippen molar-refractivity contribution in [3.05, 3.63) is 60.8 Å². The van der Waals surface area contributed by atoms with Crippen molar-refractivity contribution in [1.29, 1.82) is 0 Å². The van der Waals surface area contributed by atoms with E-state index in [1.54, 1.807) is 0 Å². The van der Waals surface area contributed by atoms with Crippen molar-refractivity contribution < 1.29 is 52.2 Å². The first kappa shape index (κ1) is 54.2. The number of phosphoric acid groups is 1. The Morgan fingerprint density at radius 3 is 1.59 bits per heavy atom. The van der Waals surface area contributed by atoms with Gasteiger partial charge in [-0.3, -0.25) is 23.4 Å². The second kappa shape index (κ2) is 36.9. The molecule has 59 heavy (non-hydrogen) atoms. The smallest absolute Gasteiger partial charge is 0.472 e. The van der Waals surface area contributed by atoms with Crippen LogP contribution in [0.4, 0.5) is 0 Å². The molecule has 1 heterocycles. The van der Waals surface area contributed by atoms with Crippen molar-refractivity contribution in [2.45, 2.75) is 192 Å². The van der Waals surface area contributed by atoms with Crippen molar-refractivity contribution in [2.75, 3.05) is 19.8 Å². The number of epoxide rings is 1. The molecule has 0 aromatic carbocycles. The van der Waals surface area contributed by atoms with E-state index < -0.39 is 51.1 Å². The molecular weight excluding hydrogens is 773 g/mol. The van der Waals surface area contributed by atoms with Crippen molar-refractivity contribution in [1.82, 2.24) is 0 Å². The van der Waals surface area contributed by atoms with Crippen molar-refractivity contribution in [3.8, 4) is 0 Å². The molecule has 0 aromatic heterocycles. The molecule has 0 spiro atoms. The van der Waals surface area contributed by atoms with Gasteiger partial charge in [0, 0.05) is 12.8 Å². The number of ether oxygens (including phenoxy) is 3. The predicted molar refractivity (Wildman–Crippen MR) is 235 cm³/mol. The van der Waals surface area contributed by atoms with Gasteiger partial charge in [-0.25, -0.2) is 4.57 Å². The normalized spacial score (nSPS) is 17.7. The molecule has 1 aliphatic rings. The summed E-state index contributed by atoms with van der Waals surface area (Å²) in [5.41, 5.74) is 5.33. The zero-order valence-corrected chi connectivity index (χ0v) is 37.2. The quantitative estimate of drug-likeness (QED) is 0.0174. The minimum Gasteiger partial charge on any atom is -0.480 e. The SMILES string of the molecule is CCCCCCCCCCCCCCCCCC(=O)OCC(COP(=O)(O)OCC(N)C(=O)O)OC(=O)CC/C=C/C/C=C/C/C=C/C/C=C/C/C=C/CC1OC1CC. The molecule has 0 saturated carbocycles. The maximum Gasteiger partial charge on any atom is 0.472 e. The van der Waals surface area contributed by atoms with E-state index >= 15 is 0 Å². The highest BCUT2D eigenvalue weighted by Gasteiger charge is 2.35. The Labute approximate surface area is 355 Å². The van der Waals surface area contributed by atoms with Crippen LogP contribution in [0.3, 0.4) is 0 Å². The monoisotopic (exact) mass is 852 g/mol. The third-order valence-electron chi connectivity index (χ3n) is 9.77. The Morgan fingerprint density at radius 2 is 1.10 bits per heavy atom. The van der Waals surface area contributed by atoms with E-state index in [1.807, 2.05) is 18.2 Å². The fourth-order valence-corrected chi connectivity index (χ4v) is 6.88. The topological polar surface area (TPSA) is 184 Å². The molecule has 0 aromatic rings. The Hall–Kier alpha value is -2.86. The Balaban J connectivity index is 2.31. The molecule has 13 heteroatoms. The molecule has 0 aliphatic carbocycles. The van der Waals surface area contributed by atoms with Crippen molar-refractivity contribution >= 4 is 25.7 Å². The largest absolute Gasteiger partial charge is 0.480 e. The summed E-state index contributed by atoms with van der Waals surface area (Å²) < 4.78 is 38.2. The third kappa shape index (κ3) is 34.5. The van der Waals surface area contributed by atoms with Gasteiger partial charge in [0.05, 0.1) is 25.4 Å². The van der Waals surface area contributed by atoms with Gasteiger partial charge in [-0.2, -0.15) is 0 Å². The molecule has 1 fully saturated rings. The van der Waals surface area contributed by atoms with Gasteiger partial charge in [-0.15, -0.1) is 0 Å². The number of unbranched alkanes of at least 4 members (excludes halogenated alkanes) is 14. The molecule has 0 amide bonds. The fourth-order valence-electron chi connectivity index (χ4n) is 6.10. The van der Waals surface area contributed by atoms with E-state index in [2.05, 4.69) is 60.9 Å². The van der Waals surface area contributed by atoms with E-state index in [4.69, 9.17) is 29.6 Å². The van der Waals surface area contributed by atoms with Crippen LogP contribution in [-0.2, 0) is 42.2 Å². The van der Waals surface area contributed by atoms with Gasteiger partial charge in [0.2, 0.25) is 0 Å².